The summed E-state index contributed by atoms with van der Waals surface area (Å²) in [5, 5.41) is 18.2. The maximum atomic E-state index is 10.8. The van der Waals surface area contributed by atoms with Crippen molar-refractivity contribution in [2.24, 2.45) is 5.92 Å². The molecule has 1 aliphatic heterocycles. The van der Waals surface area contributed by atoms with Gasteiger partial charge >= 0.3 is 5.97 Å². The highest BCUT2D eigenvalue weighted by Crippen LogP contribution is 2.22. The molecule has 0 radical (unpaired) electrons. The van der Waals surface area contributed by atoms with E-state index in [0.29, 0.717) is 36.8 Å². The van der Waals surface area contributed by atoms with E-state index in [9.17, 15) is 10.1 Å². The van der Waals surface area contributed by atoms with Crippen molar-refractivity contribution in [1.29, 1.82) is 5.26 Å². The van der Waals surface area contributed by atoms with Crippen LogP contribution >= 0.6 is 0 Å². The Kier molecular flexibility index (Phi) is 6.06. The van der Waals surface area contributed by atoms with Gasteiger partial charge in [0.1, 0.15) is 18.4 Å². The third-order valence-electron chi connectivity index (χ3n) is 4.29. The topological polar surface area (TPSA) is 109 Å². The minimum atomic E-state index is -0.755. The number of benzene rings is 1. The number of aliphatic carboxylic acids is 1. The van der Waals surface area contributed by atoms with E-state index >= 15 is 0 Å². The molecule has 146 valence electrons. The van der Waals surface area contributed by atoms with Crippen molar-refractivity contribution >= 4 is 5.97 Å². The maximum absolute atomic E-state index is 10.8. The molecule has 28 heavy (non-hydrogen) atoms. The van der Waals surface area contributed by atoms with Gasteiger partial charge in [-0.3, -0.25) is 14.7 Å². The number of nitriles is 1. The molecule has 2 heterocycles. The van der Waals surface area contributed by atoms with Gasteiger partial charge in [0.05, 0.1) is 35.7 Å². The Morgan fingerprint density at radius 3 is 2.75 bits per heavy atom. The highest BCUT2D eigenvalue weighted by atomic mass is 16.5. The quantitative estimate of drug-likeness (QED) is 0.740. The second-order valence-corrected chi connectivity index (χ2v) is 6.97. The molecule has 1 aromatic carbocycles. The van der Waals surface area contributed by atoms with Crippen LogP contribution in [0, 0.1) is 17.2 Å². The molecule has 2 aromatic rings. The SMILES string of the molecule is CC(C)Oc1ccc(COc2cnc(CN3CC(C(=O)O)C3)cn2)cc1C#N. The van der Waals surface area contributed by atoms with Crippen molar-refractivity contribution < 1.29 is 19.4 Å². The van der Waals surface area contributed by atoms with Gasteiger partial charge in [-0.1, -0.05) is 6.07 Å². The summed E-state index contributed by atoms with van der Waals surface area (Å²) in [5.74, 6) is -0.0982. The van der Waals surface area contributed by atoms with E-state index in [0.717, 1.165) is 11.3 Å². The largest absolute Gasteiger partial charge is 0.490 e. The lowest BCUT2D eigenvalue weighted by Gasteiger charge is -2.36. The molecule has 0 aliphatic carbocycles. The van der Waals surface area contributed by atoms with E-state index in [1.54, 1.807) is 24.5 Å². The van der Waals surface area contributed by atoms with Crippen LogP contribution in [-0.4, -0.2) is 45.1 Å². The average molecular weight is 382 g/mol. The lowest BCUT2D eigenvalue weighted by Crippen LogP contribution is -2.49. The highest BCUT2D eigenvalue weighted by Gasteiger charge is 2.32. The molecule has 0 bridgehead atoms. The Morgan fingerprint density at radius 1 is 1.36 bits per heavy atom. The number of carbonyl (C=O) groups is 1. The van der Waals surface area contributed by atoms with Gasteiger partial charge in [-0.05, 0) is 31.5 Å². The Bertz CT molecular complexity index is 871. The van der Waals surface area contributed by atoms with Crippen molar-refractivity contribution in [3.8, 4) is 17.7 Å². The van der Waals surface area contributed by atoms with Crippen LogP contribution in [0.2, 0.25) is 0 Å². The second kappa shape index (κ2) is 8.67. The second-order valence-electron chi connectivity index (χ2n) is 6.97. The molecule has 1 N–H and O–H groups in total. The number of carboxylic acids is 1. The first-order chi connectivity index (χ1) is 13.4. The zero-order valence-electron chi connectivity index (χ0n) is 15.8. The van der Waals surface area contributed by atoms with Gasteiger partial charge in [0, 0.05) is 19.6 Å². The van der Waals surface area contributed by atoms with Gasteiger partial charge in [-0.25, -0.2) is 4.98 Å². The van der Waals surface area contributed by atoms with Gasteiger partial charge in [-0.2, -0.15) is 5.26 Å². The third-order valence-corrected chi connectivity index (χ3v) is 4.29. The number of nitrogens with zero attached hydrogens (tertiary/aromatic N) is 4. The molecule has 0 unspecified atom stereocenters. The van der Waals surface area contributed by atoms with Crippen LogP contribution < -0.4 is 9.47 Å². The lowest BCUT2D eigenvalue weighted by atomic mass is 10.0. The van der Waals surface area contributed by atoms with Crippen molar-refractivity contribution in [3.05, 3.63) is 47.4 Å². The van der Waals surface area contributed by atoms with Crippen molar-refractivity contribution in [2.45, 2.75) is 33.1 Å². The molecule has 1 fully saturated rings. The van der Waals surface area contributed by atoms with E-state index in [1.165, 1.54) is 0 Å². The zero-order valence-corrected chi connectivity index (χ0v) is 15.8. The van der Waals surface area contributed by atoms with Gasteiger partial charge in [0.25, 0.3) is 0 Å². The average Bonchev–Trinajstić information content (AvgIpc) is 2.63. The van der Waals surface area contributed by atoms with Crippen molar-refractivity contribution in [2.75, 3.05) is 13.1 Å². The fourth-order valence-electron chi connectivity index (χ4n) is 2.85. The van der Waals surface area contributed by atoms with E-state index in [-0.39, 0.29) is 18.6 Å². The number of hydrogen-bond acceptors (Lipinski definition) is 7. The van der Waals surface area contributed by atoms with Crippen LogP contribution in [0.3, 0.4) is 0 Å². The summed E-state index contributed by atoms with van der Waals surface area (Å²) < 4.78 is 11.3. The molecule has 3 rings (SSSR count). The Morgan fingerprint density at radius 2 is 2.14 bits per heavy atom. The molecule has 8 heteroatoms. The zero-order chi connectivity index (χ0) is 20.1. The predicted molar refractivity (Wildman–Crippen MR) is 99.7 cm³/mol. The monoisotopic (exact) mass is 382 g/mol. The van der Waals surface area contributed by atoms with Gasteiger partial charge in [0.2, 0.25) is 5.88 Å². The van der Waals surface area contributed by atoms with E-state index in [2.05, 4.69) is 16.0 Å². The van der Waals surface area contributed by atoms with E-state index in [4.69, 9.17) is 14.6 Å². The van der Waals surface area contributed by atoms with Gasteiger partial charge in [0.15, 0.2) is 0 Å². The standard InChI is InChI=1S/C20H22N4O4/c1-13(2)28-18-4-3-14(5-15(18)6-21)12-27-19-8-22-17(7-23-19)11-24-9-16(10-24)20(25)26/h3-5,7-8,13,16H,9-12H2,1-2H3,(H,25,26). The van der Waals surface area contributed by atoms with Crippen molar-refractivity contribution in [1.82, 2.24) is 14.9 Å². The normalized spacial score (nSPS) is 14.4. The summed E-state index contributed by atoms with van der Waals surface area (Å²) in [7, 11) is 0. The highest BCUT2D eigenvalue weighted by molar-refractivity contribution is 5.71. The van der Waals surface area contributed by atoms with Crippen LogP contribution in [-0.2, 0) is 17.9 Å². The number of rotatable bonds is 8. The number of aromatic nitrogens is 2. The molecule has 0 amide bonds. The lowest BCUT2D eigenvalue weighted by molar-refractivity contribution is -0.147. The number of likely N-dealkylation sites (tertiary alicyclic amines) is 1. The van der Waals surface area contributed by atoms with Crippen LogP contribution in [0.25, 0.3) is 0 Å². The van der Waals surface area contributed by atoms with Gasteiger partial charge in [-0.15, -0.1) is 0 Å². The molecule has 0 saturated carbocycles. The molecule has 1 aromatic heterocycles. The van der Waals surface area contributed by atoms with Gasteiger partial charge < -0.3 is 14.6 Å². The van der Waals surface area contributed by atoms with Crippen molar-refractivity contribution in [3.63, 3.8) is 0 Å². The third kappa shape index (κ3) is 4.96. The number of ether oxygens (including phenoxy) is 2. The summed E-state index contributed by atoms with van der Waals surface area (Å²) in [6.45, 7) is 5.72. The summed E-state index contributed by atoms with van der Waals surface area (Å²) in [4.78, 5) is 21.4. The molecule has 1 saturated heterocycles. The first kappa shape index (κ1) is 19.6. The molecule has 8 nitrogen and oxygen atoms in total. The summed E-state index contributed by atoms with van der Waals surface area (Å²) in [6, 6.07) is 7.49. The smallest absolute Gasteiger partial charge is 0.309 e. The number of hydrogen-bond donors (Lipinski definition) is 1. The summed E-state index contributed by atoms with van der Waals surface area (Å²) in [5.41, 5.74) is 2.06. The van der Waals surface area contributed by atoms with Crippen LogP contribution in [0.15, 0.2) is 30.6 Å². The first-order valence-corrected chi connectivity index (χ1v) is 9.03. The minimum Gasteiger partial charge on any atom is -0.490 e. The predicted octanol–water partition coefficient (Wildman–Crippen LogP) is 2.23. The Hall–Kier alpha value is -3.18. The van der Waals surface area contributed by atoms with E-state index in [1.807, 2.05) is 24.8 Å². The fraction of sp³-hybridized carbons (Fsp3) is 0.400. The molecular formula is C20H22N4O4. The molecule has 0 spiro atoms. The fourth-order valence-corrected chi connectivity index (χ4v) is 2.85. The molecule has 1 aliphatic rings. The van der Waals surface area contributed by atoms with Crippen LogP contribution in [0.4, 0.5) is 0 Å². The molecular weight excluding hydrogens is 360 g/mol. The first-order valence-electron chi connectivity index (χ1n) is 9.03. The Labute approximate surface area is 163 Å². The molecule has 0 atom stereocenters. The summed E-state index contributed by atoms with van der Waals surface area (Å²) in [6.07, 6.45) is 3.17. The maximum Gasteiger partial charge on any atom is 0.309 e. The van der Waals surface area contributed by atoms with Crippen LogP contribution in [0.1, 0.15) is 30.7 Å². The Balaban J connectivity index is 1.52. The minimum absolute atomic E-state index is 0.00531. The summed E-state index contributed by atoms with van der Waals surface area (Å²) >= 11 is 0. The van der Waals surface area contributed by atoms with Crippen LogP contribution in [0.5, 0.6) is 11.6 Å². The van der Waals surface area contributed by atoms with E-state index < -0.39 is 5.97 Å². The number of carboxylic acid groups (broad SMARTS) is 1.